The minimum Gasteiger partial charge on any atom is -0.367 e. The molecule has 2 aromatic heterocycles. The molecule has 0 radical (unpaired) electrons. The highest BCUT2D eigenvalue weighted by atomic mass is 15.1. The Balaban J connectivity index is 1.91. The molecule has 3 rings (SSSR count). The maximum atomic E-state index is 4.79. The topological polar surface area (TPSA) is 62.7 Å². The fourth-order valence-corrected chi connectivity index (χ4v) is 4.00. The van der Waals surface area contributed by atoms with Crippen LogP contribution < -0.4 is 10.6 Å². The van der Waals surface area contributed by atoms with Gasteiger partial charge in [-0.15, -0.1) is 0 Å². The van der Waals surface area contributed by atoms with Gasteiger partial charge in [0.05, 0.1) is 0 Å². The second kappa shape index (κ2) is 6.37. The normalized spacial score (nSPS) is 19.6. The third-order valence-electron chi connectivity index (χ3n) is 4.81. The second-order valence-corrected chi connectivity index (χ2v) is 8.46. The Morgan fingerprint density at radius 3 is 2.32 bits per heavy atom. The number of aromatic nitrogens is 3. The van der Waals surface area contributed by atoms with Crippen LogP contribution in [0.2, 0.25) is 0 Å². The Morgan fingerprint density at radius 2 is 1.72 bits per heavy atom. The number of anilines is 1. The molecule has 5 nitrogen and oxygen atoms in total. The van der Waals surface area contributed by atoms with Crippen molar-refractivity contribution < 1.29 is 0 Å². The van der Waals surface area contributed by atoms with Crippen LogP contribution in [0, 0.1) is 13.8 Å². The van der Waals surface area contributed by atoms with E-state index in [4.69, 9.17) is 4.98 Å². The van der Waals surface area contributed by atoms with E-state index in [1.54, 1.807) is 6.20 Å². The van der Waals surface area contributed by atoms with Crippen molar-refractivity contribution in [2.45, 2.75) is 71.5 Å². The molecule has 2 aromatic rings. The minimum absolute atomic E-state index is 0.0964. The van der Waals surface area contributed by atoms with Crippen LogP contribution in [0.1, 0.15) is 51.8 Å². The molecular formula is C20H29N5. The lowest BCUT2D eigenvalue weighted by atomic mass is 9.79. The molecule has 2 N–H and O–H groups in total. The molecule has 1 aliphatic heterocycles. The van der Waals surface area contributed by atoms with E-state index in [2.05, 4.69) is 55.2 Å². The third-order valence-corrected chi connectivity index (χ3v) is 4.81. The summed E-state index contributed by atoms with van der Waals surface area (Å²) in [6.07, 6.45) is 3.88. The van der Waals surface area contributed by atoms with E-state index in [9.17, 15) is 0 Å². The fraction of sp³-hybridized carbons (Fsp3) is 0.550. The summed E-state index contributed by atoms with van der Waals surface area (Å²) in [6.45, 7) is 13.2. The van der Waals surface area contributed by atoms with Crippen LogP contribution in [0.5, 0.6) is 0 Å². The molecule has 0 unspecified atom stereocenters. The van der Waals surface area contributed by atoms with E-state index in [-0.39, 0.29) is 11.1 Å². The summed E-state index contributed by atoms with van der Waals surface area (Å²) in [6, 6.07) is 6.19. The van der Waals surface area contributed by atoms with Crippen LogP contribution in [0.25, 0.3) is 11.5 Å². The average Bonchev–Trinajstić information content (AvgIpc) is 2.49. The average molecular weight is 339 g/mol. The lowest BCUT2D eigenvalue weighted by molar-refractivity contribution is 0.170. The van der Waals surface area contributed by atoms with Crippen LogP contribution in [-0.4, -0.2) is 32.1 Å². The Kier molecular flexibility index (Phi) is 4.54. The quantitative estimate of drug-likeness (QED) is 0.888. The van der Waals surface area contributed by atoms with Crippen molar-refractivity contribution in [3.05, 3.63) is 35.7 Å². The fourth-order valence-electron chi connectivity index (χ4n) is 4.00. The zero-order valence-electron chi connectivity index (χ0n) is 16.1. The van der Waals surface area contributed by atoms with E-state index < -0.39 is 0 Å². The maximum absolute atomic E-state index is 4.79. The zero-order valence-corrected chi connectivity index (χ0v) is 16.1. The van der Waals surface area contributed by atoms with Gasteiger partial charge in [-0.25, -0.2) is 9.97 Å². The largest absolute Gasteiger partial charge is 0.367 e. The molecule has 0 bridgehead atoms. The summed E-state index contributed by atoms with van der Waals surface area (Å²) in [5, 5.41) is 7.42. The predicted octanol–water partition coefficient (Wildman–Crippen LogP) is 3.88. The van der Waals surface area contributed by atoms with Gasteiger partial charge in [0, 0.05) is 34.6 Å². The van der Waals surface area contributed by atoms with Crippen molar-refractivity contribution in [2.75, 3.05) is 5.32 Å². The molecular weight excluding hydrogens is 310 g/mol. The monoisotopic (exact) mass is 339 g/mol. The van der Waals surface area contributed by atoms with Gasteiger partial charge >= 0.3 is 0 Å². The number of piperidine rings is 1. The predicted molar refractivity (Wildman–Crippen MR) is 103 cm³/mol. The molecule has 25 heavy (non-hydrogen) atoms. The number of hydrogen-bond acceptors (Lipinski definition) is 5. The first-order chi connectivity index (χ1) is 11.7. The lowest BCUT2D eigenvalue weighted by Gasteiger charge is -2.46. The van der Waals surface area contributed by atoms with E-state index in [1.165, 1.54) is 0 Å². The molecule has 0 spiro atoms. The summed E-state index contributed by atoms with van der Waals surface area (Å²) in [5.41, 5.74) is 3.09. The minimum atomic E-state index is 0.0964. The van der Waals surface area contributed by atoms with Gasteiger partial charge in [0.25, 0.3) is 0 Å². The SMILES string of the molecule is Cc1nc(-c2ccccn2)nc(NC2CC(C)(C)NC(C)(C)C2)c1C. The third kappa shape index (κ3) is 4.15. The van der Waals surface area contributed by atoms with Crippen molar-refractivity contribution in [3.8, 4) is 11.5 Å². The standard InChI is InChI=1S/C20H29N5/c1-13-14(2)22-18(16-9-7-8-10-21-16)24-17(13)23-15-11-19(3,4)25-20(5,6)12-15/h7-10,15,25H,11-12H2,1-6H3,(H,22,23,24). The van der Waals surface area contributed by atoms with Gasteiger partial charge in [-0.2, -0.15) is 0 Å². The van der Waals surface area contributed by atoms with E-state index in [0.717, 1.165) is 35.6 Å². The Hall–Kier alpha value is -2.01. The van der Waals surface area contributed by atoms with Gasteiger partial charge in [0.15, 0.2) is 5.82 Å². The van der Waals surface area contributed by atoms with Gasteiger partial charge in [0.1, 0.15) is 11.5 Å². The Bertz CT molecular complexity index is 736. The molecule has 0 atom stereocenters. The van der Waals surface area contributed by atoms with Crippen molar-refractivity contribution in [3.63, 3.8) is 0 Å². The molecule has 0 saturated carbocycles. The molecule has 5 heteroatoms. The van der Waals surface area contributed by atoms with Crippen molar-refractivity contribution in [1.82, 2.24) is 20.3 Å². The summed E-state index contributed by atoms with van der Waals surface area (Å²) in [5.74, 6) is 1.60. The Labute approximate surface area is 150 Å². The molecule has 1 aliphatic rings. The summed E-state index contributed by atoms with van der Waals surface area (Å²) in [7, 11) is 0. The summed E-state index contributed by atoms with van der Waals surface area (Å²) >= 11 is 0. The molecule has 1 fully saturated rings. The number of hydrogen-bond donors (Lipinski definition) is 2. The highest BCUT2D eigenvalue weighted by Crippen LogP contribution is 2.31. The van der Waals surface area contributed by atoms with Crippen molar-refractivity contribution in [1.29, 1.82) is 0 Å². The highest BCUT2D eigenvalue weighted by molar-refractivity contribution is 5.56. The highest BCUT2D eigenvalue weighted by Gasteiger charge is 2.37. The van der Waals surface area contributed by atoms with Crippen LogP contribution in [0.15, 0.2) is 24.4 Å². The first-order valence-electron chi connectivity index (χ1n) is 8.98. The van der Waals surface area contributed by atoms with E-state index in [0.29, 0.717) is 11.9 Å². The van der Waals surface area contributed by atoms with Crippen molar-refractivity contribution >= 4 is 5.82 Å². The van der Waals surface area contributed by atoms with Crippen LogP contribution >= 0.6 is 0 Å². The molecule has 0 aliphatic carbocycles. The van der Waals surface area contributed by atoms with Crippen molar-refractivity contribution in [2.24, 2.45) is 0 Å². The van der Waals surface area contributed by atoms with Crippen LogP contribution in [-0.2, 0) is 0 Å². The molecule has 1 saturated heterocycles. The number of aryl methyl sites for hydroxylation is 1. The Morgan fingerprint density at radius 1 is 1.04 bits per heavy atom. The number of pyridine rings is 1. The maximum Gasteiger partial charge on any atom is 0.180 e. The van der Waals surface area contributed by atoms with Gasteiger partial charge in [0.2, 0.25) is 0 Å². The smallest absolute Gasteiger partial charge is 0.180 e. The zero-order chi connectivity index (χ0) is 18.2. The second-order valence-electron chi connectivity index (χ2n) is 8.46. The van der Waals surface area contributed by atoms with Crippen LogP contribution in [0.3, 0.4) is 0 Å². The van der Waals surface area contributed by atoms with E-state index in [1.807, 2.05) is 25.1 Å². The van der Waals surface area contributed by atoms with Crippen LogP contribution in [0.4, 0.5) is 5.82 Å². The van der Waals surface area contributed by atoms with Gasteiger partial charge in [-0.05, 0) is 66.5 Å². The summed E-state index contributed by atoms with van der Waals surface area (Å²) in [4.78, 5) is 13.8. The molecule has 0 amide bonds. The molecule has 0 aromatic carbocycles. The number of nitrogens with zero attached hydrogens (tertiary/aromatic N) is 3. The van der Waals surface area contributed by atoms with Gasteiger partial charge in [-0.3, -0.25) is 4.98 Å². The van der Waals surface area contributed by atoms with Gasteiger partial charge in [-0.1, -0.05) is 6.07 Å². The lowest BCUT2D eigenvalue weighted by Crippen LogP contribution is -2.60. The summed E-state index contributed by atoms with van der Waals surface area (Å²) < 4.78 is 0. The van der Waals surface area contributed by atoms with Gasteiger partial charge < -0.3 is 10.6 Å². The first kappa shape index (κ1) is 17.8. The number of rotatable bonds is 3. The number of nitrogens with one attached hydrogen (secondary N) is 2. The molecule has 134 valence electrons. The first-order valence-corrected chi connectivity index (χ1v) is 8.98. The van der Waals surface area contributed by atoms with E-state index >= 15 is 0 Å². The molecule has 3 heterocycles.